The van der Waals surface area contributed by atoms with E-state index in [-0.39, 0.29) is 28.1 Å². The third kappa shape index (κ3) is 6.41. The molecular weight excluding hydrogens is 616 g/mol. The van der Waals surface area contributed by atoms with E-state index in [2.05, 4.69) is 26.8 Å². The number of benzene rings is 2. The van der Waals surface area contributed by atoms with Crippen LogP contribution in [0.4, 0.5) is 16.2 Å². The number of carbonyl (C=O) groups is 1. The van der Waals surface area contributed by atoms with E-state index >= 15 is 0 Å². The molecule has 0 radical (unpaired) electrons. The van der Waals surface area contributed by atoms with Crippen LogP contribution in [-0.4, -0.2) is 35.8 Å². The molecule has 0 N–H and O–H groups in total. The summed E-state index contributed by atoms with van der Waals surface area (Å²) in [5.41, 5.74) is 2.02. The fourth-order valence-electron chi connectivity index (χ4n) is 9.99. The molecule has 0 amide bonds. The zero-order valence-corrected chi connectivity index (χ0v) is 28.2. The van der Waals surface area contributed by atoms with Crippen molar-refractivity contribution in [2.45, 2.75) is 84.8 Å². The van der Waals surface area contributed by atoms with Crippen LogP contribution in [0.15, 0.2) is 54.1 Å². The van der Waals surface area contributed by atoms with Gasteiger partial charge in [-0.2, -0.15) is 0 Å². The third-order valence-corrected chi connectivity index (χ3v) is 12.5. The first-order valence-corrected chi connectivity index (χ1v) is 17.1. The Labute approximate surface area is 281 Å². The maximum atomic E-state index is 12.3. The zero-order valence-electron chi connectivity index (χ0n) is 28.2. The third-order valence-electron chi connectivity index (χ3n) is 12.5. The summed E-state index contributed by atoms with van der Waals surface area (Å²) in [5, 5.41) is 22.6. The van der Waals surface area contributed by atoms with Gasteiger partial charge in [0.1, 0.15) is 18.1 Å². The van der Waals surface area contributed by atoms with Gasteiger partial charge in [0.2, 0.25) is 0 Å². The summed E-state index contributed by atoms with van der Waals surface area (Å²) >= 11 is 0. The smallest absolute Gasteiger partial charge is 0.493 e. The lowest BCUT2D eigenvalue weighted by atomic mass is 9.47. The predicted molar refractivity (Wildman–Crippen MR) is 178 cm³/mol. The van der Waals surface area contributed by atoms with E-state index in [0.29, 0.717) is 41.6 Å². The SMILES string of the molecule is CO[C@H]1CC[C@@]2(C)C(=CC[C@H]3[C@@H]4CC[C@H]([C@H](C)COc5ccc([N+](=O)[O-])c(COC(=O)Oc6ccc([N+](=O)[O-])cc6)c5)[C@@]4(C)CC[C@@H]32)C1. The van der Waals surface area contributed by atoms with Crippen molar-refractivity contribution in [1.82, 2.24) is 0 Å². The van der Waals surface area contributed by atoms with Gasteiger partial charge < -0.3 is 18.9 Å². The van der Waals surface area contributed by atoms with Crippen molar-refractivity contribution in [2.75, 3.05) is 13.7 Å². The second kappa shape index (κ2) is 13.5. The number of nitro benzene ring substituents is 2. The lowest BCUT2D eigenvalue weighted by Gasteiger charge is -2.58. The summed E-state index contributed by atoms with van der Waals surface area (Å²) in [7, 11) is 1.84. The van der Waals surface area contributed by atoms with Gasteiger partial charge in [-0.25, -0.2) is 4.79 Å². The number of carbonyl (C=O) groups excluding carboxylic acids is 1. The van der Waals surface area contributed by atoms with Crippen LogP contribution in [0.2, 0.25) is 0 Å². The molecule has 0 bridgehead atoms. The maximum Gasteiger partial charge on any atom is 0.514 e. The molecule has 4 aliphatic rings. The standard InChI is InChI=1S/C37H46N2O9/c1-23(31-12-13-32-30-11-5-25-20-28(45-4)15-17-36(25,2)33(30)16-18-37(31,32)3)21-46-29-10-14-34(39(43)44)24(19-29)22-47-35(40)48-27-8-6-26(7-9-27)38(41)42/h5-10,14,19,23,28,30-33H,11-13,15-18,20-22H2,1-4H3/t23-,28+,30+,31-,32+,33+,36+,37-/m1/s1. The highest BCUT2D eigenvalue weighted by molar-refractivity contribution is 5.64. The molecule has 3 fully saturated rings. The minimum atomic E-state index is -1.09. The van der Waals surface area contributed by atoms with Crippen LogP contribution in [-0.2, 0) is 16.1 Å². The molecule has 11 nitrogen and oxygen atoms in total. The second-order valence-electron chi connectivity index (χ2n) is 14.8. The minimum absolute atomic E-state index is 0.0515. The van der Waals surface area contributed by atoms with Gasteiger partial charge in [0.15, 0.2) is 0 Å². The van der Waals surface area contributed by atoms with Crippen molar-refractivity contribution in [3.05, 3.63) is 79.9 Å². The fourth-order valence-corrected chi connectivity index (χ4v) is 9.99. The molecule has 0 aliphatic heterocycles. The highest BCUT2D eigenvalue weighted by Gasteiger charge is 2.59. The van der Waals surface area contributed by atoms with Gasteiger partial charge in [-0.15, -0.1) is 0 Å². The van der Waals surface area contributed by atoms with Gasteiger partial charge in [-0.3, -0.25) is 20.2 Å². The minimum Gasteiger partial charge on any atom is -0.493 e. The first kappa shape index (κ1) is 33.9. The van der Waals surface area contributed by atoms with E-state index in [9.17, 15) is 25.0 Å². The zero-order chi connectivity index (χ0) is 34.2. The Morgan fingerprint density at radius 3 is 2.42 bits per heavy atom. The molecule has 0 spiro atoms. The van der Waals surface area contributed by atoms with Crippen molar-refractivity contribution in [3.8, 4) is 11.5 Å². The van der Waals surface area contributed by atoms with Gasteiger partial charge in [0.25, 0.3) is 11.4 Å². The fraction of sp³-hybridized carbons (Fsp3) is 0.595. The van der Waals surface area contributed by atoms with E-state index in [1.807, 2.05) is 7.11 Å². The van der Waals surface area contributed by atoms with Crippen LogP contribution < -0.4 is 9.47 Å². The van der Waals surface area contributed by atoms with Crippen LogP contribution in [0.3, 0.4) is 0 Å². The van der Waals surface area contributed by atoms with E-state index in [1.165, 1.54) is 68.9 Å². The van der Waals surface area contributed by atoms with Crippen LogP contribution in [0, 0.1) is 60.6 Å². The number of fused-ring (bicyclic) bond motifs is 5. The molecular formula is C37H46N2O9. The molecule has 11 heteroatoms. The molecule has 3 saturated carbocycles. The summed E-state index contributed by atoms with van der Waals surface area (Å²) in [6.07, 6.45) is 11.4. The van der Waals surface area contributed by atoms with Gasteiger partial charge in [-0.05, 0) is 116 Å². The van der Waals surface area contributed by atoms with Crippen molar-refractivity contribution in [1.29, 1.82) is 0 Å². The van der Waals surface area contributed by atoms with Gasteiger partial charge >= 0.3 is 6.16 Å². The Bertz CT molecular complexity index is 1570. The van der Waals surface area contributed by atoms with Gasteiger partial charge in [0.05, 0.1) is 28.1 Å². The maximum absolute atomic E-state index is 12.3. The van der Waals surface area contributed by atoms with Crippen LogP contribution in [0.1, 0.15) is 77.7 Å². The summed E-state index contributed by atoms with van der Waals surface area (Å²) in [6, 6.07) is 9.42. The highest BCUT2D eigenvalue weighted by Crippen LogP contribution is 2.67. The monoisotopic (exact) mass is 662 g/mol. The predicted octanol–water partition coefficient (Wildman–Crippen LogP) is 8.83. The molecule has 6 rings (SSSR count). The average Bonchev–Trinajstić information content (AvgIpc) is 3.43. The number of rotatable bonds is 10. The van der Waals surface area contributed by atoms with Crippen molar-refractivity contribution < 1.29 is 33.6 Å². The first-order chi connectivity index (χ1) is 22.9. The Balaban J connectivity index is 1.07. The van der Waals surface area contributed by atoms with Crippen LogP contribution in [0.5, 0.6) is 11.5 Å². The lowest BCUT2D eigenvalue weighted by Crippen LogP contribution is -2.51. The number of ether oxygens (including phenoxy) is 4. The molecule has 8 atom stereocenters. The number of nitro groups is 2. The molecule has 0 unspecified atom stereocenters. The Hall–Kier alpha value is -3.99. The van der Waals surface area contributed by atoms with E-state index in [1.54, 1.807) is 17.7 Å². The summed E-state index contributed by atoms with van der Waals surface area (Å²) < 4.78 is 22.2. The summed E-state index contributed by atoms with van der Waals surface area (Å²) in [4.78, 5) is 33.8. The molecule has 4 aliphatic carbocycles. The van der Waals surface area contributed by atoms with Gasteiger partial charge in [0, 0.05) is 25.3 Å². The van der Waals surface area contributed by atoms with E-state index in [4.69, 9.17) is 18.9 Å². The van der Waals surface area contributed by atoms with E-state index < -0.39 is 22.6 Å². The quantitative estimate of drug-likeness (QED) is 0.0802. The number of methoxy groups -OCH3 is 1. The Morgan fingerprint density at radius 2 is 1.71 bits per heavy atom. The molecule has 0 aromatic heterocycles. The van der Waals surface area contributed by atoms with Crippen molar-refractivity contribution in [2.24, 2.45) is 40.4 Å². The molecule has 2 aromatic rings. The molecule has 2 aromatic carbocycles. The van der Waals surface area contributed by atoms with Crippen molar-refractivity contribution in [3.63, 3.8) is 0 Å². The normalized spacial score (nSPS) is 31.3. The Kier molecular flexibility index (Phi) is 9.53. The second-order valence-corrected chi connectivity index (χ2v) is 14.8. The Morgan fingerprint density at radius 1 is 0.958 bits per heavy atom. The van der Waals surface area contributed by atoms with E-state index in [0.717, 1.165) is 24.7 Å². The van der Waals surface area contributed by atoms with Crippen LogP contribution in [0.25, 0.3) is 0 Å². The number of hydrogen-bond acceptors (Lipinski definition) is 9. The number of allylic oxidation sites excluding steroid dienone is 1. The van der Waals surface area contributed by atoms with Gasteiger partial charge in [-0.1, -0.05) is 32.4 Å². The highest BCUT2D eigenvalue weighted by atomic mass is 16.7. The summed E-state index contributed by atoms with van der Waals surface area (Å²) in [5.74, 6) is 3.52. The summed E-state index contributed by atoms with van der Waals surface area (Å²) in [6.45, 7) is 7.39. The number of nitrogens with zero attached hydrogens (tertiary/aromatic N) is 2. The lowest BCUT2D eigenvalue weighted by molar-refractivity contribution is -0.385. The first-order valence-electron chi connectivity index (χ1n) is 17.1. The average molecular weight is 663 g/mol. The topological polar surface area (TPSA) is 140 Å². The molecule has 0 saturated heterocycles. The molecule has 258 valence electrons. The molecule has 48 heavy (non-hydrogen) atoms. The largest absolute Gasteiger partial charge is 0.514 e. The van der Waals surface area contributed by atoms with Crippen LogP contribution >= 0.6 is 0 Å². The number of hydrogen-bond donors (Lipinski definition) is 0. The molecule has 0 heterocycles. The van der Waals surface area contributed by atoms with Crippen molar-refractivity contribution >= 4 is 17.5 Å². The number of non-ortho nitro benzene ring substituents is 1.